The van der Waals surface area contributed by atoms with Crippen molar-refractivity contribution in [1.82, 2.24) is 10.2 Å². The number of carbonyl (C=O) groups excluding carboxylic acids is 2. The lowest BCUT2D eigenvalue weighted by atomic mass is 9.89. The molecule has 1 aliphatic heterocycles. The highest BCUT2D eigenvalue weighted by molar-refractivity contribution is 5.92. The van der Waals surface area contributed by atoms with Crippen LogP contribution in [-0.4, -0.2) is 47.9 Å². The van der Waals surface area contributed by atoms with Crippen LogP contribution in [0.3, 0.4) is 0 Å². The summed E-state index contributed by atoms with van der Waals surface area (Å²) in [5.74, 6) is -2.19. The van der Waals surface area contributed by atoms with E-state index < -0.39 is 28.6 Å². The van der Waals surface area contributed by atoms with Gasteiger partial charge in [0.1, 0.15) is 0 Å². The number of aliphatic carboxylic acids is 1. The fraction of sp³-hybridized carbons (Fsp3) is 0.786. The van der Waals surface area contributed by atoms with Crippen LogP contribution in [-0.2, 0) is 14.4 Å². The Hall–Kier alpha value is -1.59. The molecule has 6 heteroatoms. The van der Waals surface area contributed by atoms with E-state index in [4.69, 9.17) is 5.11 Å². The molecule has 0 spiro atoms. The van der Waals surface area contributed by atoms with Gasteiger partial charge in [-0.3, -0.25) is 14.4 Å². The molecule has 6 nitrogen and oxygen atoms in total. The summed E-state index contributed by atoms with van der Waals surface area (Å²) in [5, 5.41) is 11.8. The van der Waals surface area contributed by atoms with Crippen molar-refractivity contribution in [3.63, 3.8) is 0 Å². The van der Waals surface area contributed by atoms with E-state index in [0.29, 0.717) is 19.5 Å². The van der Waals surface area contributed by atoms with Crippen LogP contribution in [0.25, 0.3) is 0 Å². The zero-order valence-corrected chi connectivity index (χ0v) is 12.4. The molecular weight excluding hydrogens is 260 g/mol. The van der Waals surface area contributed by atoms with Gasteiger partial charge in [0.2, 0.25) is 11.8 Å². The zero-order valence-electron chi connectivity index (χ0n) is 12.4. The quantitative estimate of drug-likeness (QED) is 0.781. The Morgan fingerprint density at radius 1 is 1.20 bits per heavy atom. The summed E-state index contributed by atoms with van der Waals surface area (Å²) < 4.78 is 0. The number of hydrogen-bond donors (Lipinski definition) is 2. The monoisotopic (exact) mass is 282 g/mol. The Labute approximate surface area is 118 Å². The minimum atomic E-state index is -0.915. The summed E-state index contributed by atoms with van der Waals surface area (Å²) in [6.45, 7) is 6.34. The second kappa shape index (κ2) is 4.46. The molecule has 2 aliphatic rings. The van der Waals surface area contributed by atoms with E-state index in [1.165, 1.54) is 0 Å². The summed E-state index contributed by atoms with van der Waals surface area (Å²) in [6, 6.07) is 0. The van der Waals surface area contributed by atoms with E-state index in [1.807, 2.05) is 20.8 Å². The van der Waals surface area contributed by atoms with Crippen molar-refractivity contribution in [1.29, 1.82) is 0 Å². The smallest absolute Gasteiger partial charge is 0.307 e. The highest BCUT2D eigenvalue weighted by Crippen LogP contribution is 2.59. The van der Waals surface area contributed by atoms with Crippen LogP contribution in [0.5, 0.6) is 0 Å². The van der Waals surface area contributed by atoms with Crippen LogP contribution in [0.4, 0.5) is 0 Å². The molecule has 3 unspecified atom stereocenters. The van der Waals surface area contributed by atoms with Gasteiger partial charge in [-0.15, -0.1) is 0 Å². The summed E-state index contributed by atoms with van der Waals surface area (Å²) in [5.41, 5.74) is -1.06. The molecule has 20 heavy (non-hydrogen) atoms. The first-order valence-corrected chi connectivity index (χ1v) is 6.89. The summed E-state index contributed by atoms with van der Waals surface area (Å²) in [7, 11) is 1.59. The average Bonchev–Trinajstić information content (AvgIpc) is 2.74. The molecule has 0 aromatic heterocycles. The van der Waals surface area contributed by atoms with Gasteiger partial charge in [0.15, 0.2) is 0 Å². The summed E-state index contributed by atoms with van der Waals surface area (Å²) in [6.07, 6.45) is 0.614. The lowest BCUT2D eigenvalue weighted by molar-refractivity contribution is -0.142. The van der Waals surface area contributed by atoms with Gasteiger partial charge in [-0.05, 0) is 18.8 Å². The fourth-order valence-electron chi connectivity index (χ4n) is 3.39. The Morgan fingerprint density at radius 3 is 2.25 bits per heavy atom. The van der Waals surface area contributed by atoms with Gasteiger partial charge in [-0.1, -0.05) is 13.8 Å². The van der Waals surface area contributed by atoms with Crippen LogP contribution >= 0.6 is 0 Å². The Kier molecular flexibility index (Phi) is 3.31. The second-order valence-electron chi connectivity index (χ2n) is 6.76. The van der Waals surface area contributed by atoms with Gasteiger partial charge >= 0.3 is 5.97 Å². The molecule has 112 valence electrons. The Morgan fingerprint density at radius 2 is 1.80 bits per heavy atom. The highest BCUT2D eigenvalue weighted by atomic mass is 16.4. The van der Waals surface area contributed by atoms with Gasteiger partial charge in [0, 0.05) is 20.1 Å². The number of hydrogen-bond acceptors (Lipinski definition) is 3. The summed E-state index contributed by atoms with van der Waals surface area (Å²) in [4.78, 5) is 37.1. The van der Waals surface area contributed by atoms with Crippen molar-refractivity contribution in [3.8, 4) is 0 Å². The van der Waals surface area contributed by atoms with Crippen molar-refractivity contribution in [3.05, 3.63) is 0 Å². The minimum absolute atomic E-state index is 0.0716. The van der Waals surface area contributed by atoms with E-state index in [2.05, 4.69) is 5.32 Å². The van der Waals surface area contributed by atoms with Crippen molar-refractivity contribution in [2.24, 2.45) is 22.7 Å². The lowest BCUT2D eigenvalue weighted by Crippen LogP contribution is -2.41. The molecule has 2 fully saturated rings. The number of carboxylic acids is 1. The molecule has 1 saturated carbocycles. The van der Waals surface area contributed by atoms with Crippen LogP contribution in [0.2, 0.25) is 0 Å². The predicted octanol–water partition coefficient (Wildman–Crippen LogP) is 0.328. The standard InChI is InChI=1S/C14H22N2O4/c1-13(2)8(9(13)11(18)19)10(17)16-6-5-14(3,7-16)12(20)15-4/h8-9H,5-7H2,1-4H3,(H,15,20)(H,18,19). The zero-order chi connectivity index (χ0) is 15.3. The van der Waals surface area contributed by atoms with Crippen molar-refractivity contribution in [2.75, 3.05) is 20.1 Å². The molecule has 1 saturated heterocycles. The van der Waals surface area contributed by atoms with Crippen molar-refractivity contribution in [2.45, 2.75) is 27.2 Å². The third-order valence-electron chi connectivity index (χ3n) is 4.92. The second-order valence-corrected chi connectivity index (χ2v) is 6.76. The maximum absolute atomic E-state index is 12.5. The van der Waals surface area contributed by atoms with E-state index in [1.54, 1.807) is 11.9 Å². The molecular formula is C14H22N2O4. The number of likely N-dealkylation sites (tertiary alicyclic amines) is 1. The number of amides is 2. The van der Waals surface area contributed by atoms with E-state index in [-0.39, 0.29) is 11.8 Å². The normalized spacial score (nSPS) is 34.7. The molecule has 1 heterocycles. The number of rotatable bonds is 3. The first kappa shape index (κ1) is 14.8. The molecule has 0 aromatic carbocycles. The van der Waals surface area contributed by atoms with Crippen molar-refractivity contribution >= 4 is 17.8 Å². The minimum Gasteiger partial charge on any atom is -0.481 e. The molecule has 1 aliphatic carbocycles. The number of nitrogens with one attached hydrogen (secondary N) is 1. The molecule has 0 aromatic rings. The van der Waals surface area contributed by atoms with Crippen LogP contribution in [0.1, 0.15) is 27.2 Å². The SMILES string of the molecule is CNC(=O)C1(C)CCN(C(=O)C2C(C(=O)O)C2(C)C)C1. The molecule has 2 amide bonds. The predicted molar refractivity (Wildman–Crippen MR) is 71.8 cm³/mol. The first-order chi connectivity index (χ1) is 9.15. The van der Waals surface area contributed by atoms with Crippen LogP contribution < -0.4 is 5.32 Å². The summed E-state index contributed by atoms with van der Waals surface area (Å²) >= 11 is 0. The van der Waals surface area contributed by atoms with Gasteiger partial charge in [-0.2, -0.15) is 0 Å². The first-order valence-electron chi connectivity index (χ1n) is 6.89. The largest absolute Gasteiger partial charge is 0.481 e. The number of nitrogens with zero attached hydrogens (tertiary/aromatic N) is 1. The lowest BCUT2D eigenvalue weighted by Gasteiger charge is -2.23. The topological polar surface area (TPSA) is 86.7 Å². The molecule has 3 atom stereocenters. The molecule has 0 radical (unpaired) electrons. The highest BCUT2D eigenvalue weighted by Gasteiger charge is 2.67. The van der Waals surface area contributed by atoms with Gasteiger partial charge < -0.3 is 15.3 Å². The molecule has 0 bridgehead atoms. The third kappa shape index (κ3) is 2.07. The Balaban J connectivity index is 2.07. The molecule has 2 rings (SSSR count). The van der Waals surface area contributed by atoms with E-state index in [0.717, 1.165) is 0 Å². The average molecular weight is 282 g/mol. The van der Waals surface area contributed by atoms with E-state index >= 15 is 0 Å². The fourth-order valence-corrected chi connectivity index (χ4v) is 3.39. The Bertz CT molecular complexity index is 474. The number of carboxylic acid groups (broad SMARTS) is 1. The molecule has 2 N–H and O–H groups in total. The van der Waals surface area contributed by atoms with Gasteiger partial charge in [0.05, 0.1) is 17.3 Å². The van der Waals surface area contributed by atoms with E-state index in [9.17, 15) is 14.4 Å². The van der Waals surface area contributed by atoms with Crippen molar-refractivity contribution < 1.29 is 19.5 Å². The number of carbonyl (C=O) groups is 3. The van der Waals surface area contributed by atoms with Gasteiger partial charge in [-0.25, -0.2) is 0 Å². The van der Waals surface area contributed by atoms with Gasteiger partial charge in [0.25, 0.3) is 0 Å². The maximum Gasteiger partial charge on any atom is 0.307 e. The van der Waals surface area contributed by atoms with Crippen LogP contribution in [0.15, 0.2) is 0 Å². The van der Waals surface area contributed by atoms with Crippen LogP contribution in [0, 0.1) is 22.7 Å². The maximum atomic E-state index is 12.5. The third-order valence-corrected chi connectivity index (χ3v) is 4.92.